The Balaban J connectivity index is 1.87. The van der Waals surface area contributed by atoms with Gasteiger partial charge in [0.25, 0.3) is 0 Å². The first-order chi connectivity index (χ1) is 9.88. The minimum absolute atomic E-state index is 0.125. The lowest BCUT2D eigenvalue weighted by molar-refractivity contribution is 0.305. The van der Waals surface area contributed by atoms with Gasteiger partial charge in [-0.2, -0.15) is 11.8 Å². The molecular formula is C18H18OS. The maximum atomic E-state index is 8.72. The fourth-order valence-corrected chi connectivity index (χ4v) is 2.77. The van der Waals surface area contributed by atoms with Crippen molar-refractivity contribution in [2.75, 3.05) is 6.61 Å². The van der Waals surface area contributed by atoms with E-state index in [1.54, 1.807) is 0 Å². The van der Waals surface area contributed by atoms with Crippen LogP contribution in [0.2, 0.25) is 0 Å². The van der Waals surface area contributed by atoms with Crippen LogP contribution in [0, 0.1) is 11.8 Å². The van der Waals surface area contributed by atoms with Crippen LogP contribution >= 0.6 is 11.8 Å². The van der Waals surface area contributed by atoms with Gasteiger partial charge < -0.3 is 5.11 Å². The molecular weight excluding hydrogens is 264 g/mol. The van der Waals surface area contributed by atoms with Gasteiger partial charge in [-0.1, -0.05) is 54.3 Å². The second kappa shape index (κ2) is 8.47. The molecule has 20 heavy (non-hydrogen) atoms. The van der Waals surface area contributed by atoms with Crippen molar-refractivity contribution in [3.63, 3.8) is 0 Å². The average Bonchev–Trinajstić information content (AvgIpc) is 2.49. The molecule has 0 radical (unpaired) electrons. The van der Waals surface area contributed by atoms with Gasteiger partial charge in [-0.15, -0.1) is 0 Å². The third-order valence-corrected chi connectivity index (χ3v) is 3.85. The Morgan fingerprint density at radius 2 is 1.65 bits per heavy atom. The summed E-state index contributed by atoms with van der Waals surface area (Å²) in [6.45, 7) is 0.125. The summed E-state index contributed by atoms with van der Waals surface area (Å²) < 4.78 is 0. The molecule has 0 bridgehead atoms. The Kier molecular flexibility index (Phi) is 6.23. The molecule has 0 aromatic heterocycles. The van der Waals surface area contributed by atoms with Crippen molar-refractivity contribution >= 4 is 11.8 Å². The molecule has 0 spiro atoms. The smallest absolute Gasteiger partial charge is 0.0540 e. The van der Waals surface area contributed by atoms with Gasteiger partial charge >= 0.3 is 0 Å². The minimum atomic E-state index is 0.125. The van der Waals surface area contributed by atoms with E-state index in [4.69, 9.17) is 5.11 Å². The highest BCUT2D eigenvalue weighted by Gasteiger charge is 1.96. The summed E-state index contributed by atoms with van der Waals surface area (Å²) in [4.78, 5) is 0. The molecule has 2 aromatic rings. The van der Waals surface area contributed by atoms with Crippen LogP contribution in [0.3, 0.4) is 0 Å². The van der Waals surface area contributed by atoms with Gasteiger partial charge in [-0.3, -0.25) is 0 Å². The van der Waals surface area contributed by atoms with Crippen LogP contribution in [0.1, 0.15) is 23.1 Å². The summed E-state index contributed by atoms with van der Waals surface area (Å²) in [6, 6.07) is 18.8. The second-order valence-corrected chi connectivity index (χ2v) is 5.44. The highest BCUT2D eigenvalue weighted by molar-refractivity contribution is 7.97. The first kappa shape index (κ1) is 14.7. The Labute approximate surface area is 125 Å². The van der Waals surface area contributed by atoms with Crippen LogP contribution in [-0.2, 0) is 11.5 Å². The van der Waals surface area contributed by atoms with Crippen molar-refractivity contribution in [3.8, 4) is 11.8 Å². The van der Waals surface area contributed by atoms with Gasteiger partial charge in [0.2, 0.25) is 0 Å². The van der Waals surface area contributed by atoms with Crippen molar-refractivity contribution in [2.24, 2.45) is 0 Å². The Morgan fingerprint density at radius 3 is 2.45 bits per heavy atom. The zero-order valence-corrected chi connectivity index (χ0v) is 12.2. The number of aliphatic hydroxyl groups is 1. The topological polar surface area (TPSA) is 20.2 Å². The van der Waals surface area contributed by atoms with Crippen molar-refractivity contribution in [1.82, 2.24) is 0 Å². The normalized spacial score (nSPS) is 9.85. The Morgan fingerprint density at radius 1 is 0.900 bits per heavy atom. The first-order valence-corrected chi connectivity index (χ1v) is 7.84. The van der Waals surface area contributed by atoms with Crippen LogP contribution < -0.4 is 0 Å². The zero-order chi connectivity index (χ0) is 14.0. The van der Waals surface area contributed by atoms with E-state index in [-0.39, 0.29) is 6.61 Å². The molecule has 0 aliphatic carbocycles. The maximum Gasteiger partial charge on any atom is 0.0540 e. The molecule has 102 valence electrons. The van der Waals surface area contributed by atoms with Crippen molar-refractivity contribution in [2.45, 2.75) is 17.9 Å². The highest BCUT2D eigenvalue weighted by atomic mass is 32.2. The quantitative estimate of drug-likeness (QED) is 0.841. The lowest BCUT2D eigenvalue weighted by Gasteiger charge is -2.03. The van der Waals surface area contributed by atoms with Gasteiger partial charge in [0.15, 0.2) is 0 Å². The molecule has 2 heteroatoms. The van der Waals surface area contributed by atoms with Gasteiger partial charge in [-0.05, 0) is 23.3 Å². The molecule has 0 amide bonds. The summed E-state index contributed by atoms with van der Waals surface area (Å²) in [5, 5.41) is 8.72. The number of rotatable bonds is 5. The summed E-state index contributed by atoms with van der Waals surface area (Å²) in [5.74, 6) is 8.05. The summed E-state index contributed by atoms with van der Waals surface area (Å²) in [6.07, 6.45) is 0.535. The monoisotopic (exact) mass is 282 g/mol. The number of aliphatic hydroxyl groups excluding tert-OH is 1. The molecule has 1 nitrogen and oxygen atoms in total. The van der Waals surface area contributed by atoms with E-state index in [1.807, 2.05) is 30.0 Å². The van der Waals surface area contributed by atoms with Crippen LogP contribution in [0.5, 0.6) is 0 Å². The van der Waals surface area contributed by atoms with Crippen molar-refractivity contribution < 1.29 is 5.11 Å². The van der Waals surface area contributed by atoms with Crippen molar-refractivity contribution in [3.05, 3.63) is 71.3 Å². The largest absolute Gasteiger partial charge is 0.395 e. The van der Waals surface area contributed by atoms with E-state index < -0.39 is 0 Å². The van der Waals surface area contributed by atoms with E-state index in [2.05, 4.69) is 48.2 Å². The third-order valence-electron chi connectivity index (χ3n) is 2.78. The maximum absolute atomic E-state index is 8.72. The lowest BCUT2D eigenvalue weighted by Crippen LogP contribution is -1.85. The van der Waals surface area contributed by atoms with E-state index in [0.717, 1.165) is 17.1 Å². The molecule has 1 N–H and O–H groups in total. The van der Waals surface area contributed by atoms with Crippen LogP contribution in [0.4, 0.5) is 0 Å². The average molecular weight is 282 g/mol. The molecule has 0 unspecified atom stereocenters. The molecule has 0 saturated heterocycles. The second-order valence-electron chi connectivity index (χ2n) is 4.45. The fraction of sp³-hybridized carbons (Fsp3) is 0.222. The predicted octanol–water partition coefficient (Wildman–Crippen LogP) is 3.85. The molecule has 0 saturated carbocycles. The summed E-state index contributed by atoms with van der Waals surface area (Å²) in [5.41, 5.74) is 3.68. The molecule has 0 fully saturated rings. The highest BCUT2D eigenvalue weighted by Crippen LogP contribution is 2.18. The number of hydrogen-bond acceptors (Lipinski definition) is 2. The Hall–Kier alpha value is -1.69. The van der Waals surface area contributed by atoms with Crippen LogP contribution in [0.15, 0.2) is 54.6 Å². The zero-order valence-electron chi connectivity index (χ0n) is 11.4. The Bertz CT molecular complexity index is 581. The molecule has 0 atom stereocenters. The number of hydrogen-bond donors (Lipinski definition) is 1. The van der Waals surface area contributed by atoms with Crippen LogP contribution in [-0.4, -0.2) is 11.7 Å². The number of benzene rings is 2. The number of thioether (sulfide) groups is 1. The predicted molar refractivity (Wildman–Crippen MR) is 86.5 cm³/mol. The lowest BCUT2D eigenvalue weighted by atomic mass is 10.1. The molecule has 0 aliphatic rings. The minimum Gasteiger partial charge on any atom is -0.395 e. The summed E-state index contributed by atoms with van der Waals surface area (Å²) >= 11 is 1.91. The summed E-state index contributed by atoms with van der Waals surface area (Å²) in [7, 11) is 0. The van der Waals surface area contributed by atoms with E-state index >= 15 is 0 Å². The van der Waals surface area contributed by atoms with Gasteiger partial charge in [0.1, 0.15) is 0 Å². The van der Waals surface area contributed by atoms with Gasteiger partial charge in [0, 0.05) is 23.5 Å². The molecule has 2 rings (SSSR count). The molecule has 2 aromatic carbocycles. The van der Waals surface area contributed by atoms with E-state index in [1.165, 1.54) is 11.1 Å². The van der Waals surface area contributed by atoms with E-state index in [0.29, 0.717) is 6.42 Å². The third kappa shape index (κ3) is 5.13. The molecule has 0 aliphatic heterocycles. The van der Waals surface area contributed by atoms with Gasteiger partial charge in [-0.25, -0.2) is 0 Å². The SMILES string of the molecule is OCCC#Cc1cccc(CSCc2ccccc2)c1. The van der Waals surface area contributed by atoms with Crippen LogP contribution in [0.25, 0.3) is 0 Å². The fourth-order valence-electron chi connectivity index (χ4n) is 1.82. The standard InChI is InChI=1S/C18H18OS/c19-12-5-4-7-16-10-6-11-18(13-16)15-20-14-17-8-2-1-3-9-17/h1-3,6,8-11,13,19H,5,12,14-15H2. The van der Waals surface area contributed by atoms with Gasteiger partial charge in [0.05, 0.1) is 6.61 Å². The first-order valence-electron chi connectivity index (χ1n) is 6.69. The van der Waals surface area contributed by atoms with Crippen molar-refractivity contribution in [1.29, 1.82) is 0 Å². The molecule has 0 heterocycles. The van der Waals surface area contributed by atoms with E-state index in [9.17, 15) is 0 Å².